The smallest absolute Gasteiger partial charge is 0.460 e. The Hall–Kier alpha value is -3.07. The van der Waals surface area contributed by atoms with Crippen molar-refractivity contribution in [2.45, 2.75) is 94.3 Å². The Kier molecular flexibility index (Phi) is 14.0. The number of rotatable bonds is 21. The first-order chi connectivity index (χ1) is 22.4. The molecule has 0 aliphatic heterocycles. The monoisotopic (exact) mass is 742 g/mol. The van der Waals surface area contributed by atoms with E-state index in [1.54, 1.807) is 29.3 Å². The second kappa shape index (κ2) is 16.3. The normalized spacial score (nSPS) is 14.0. The average molecular weight is 743 g/mol. The number of unbranched alkanes of at least 4 members (excludes halogenated alkanes) is 4. The van der Waals surface area contributed by atoms with Crippen LogP contribution in [0.3, 0.4) is 0 Å². The number of hydrogen-bond acceptors (Lipinski definition) is 6. The zero-order valence-electron chi connectivity index (χ0n) is 25.2. The van der Waals surface area contributed by atoms with E-state index < -0.39 is 55.7 Å². The lowest BCUT2D eigenvalue weighted by molar-refractivity contribution is -0.543. The Morgan fingerprint density at radius 1 is 0.592 bits per heavy atom. The maximum atomic E-state index is 13.7. The number of hydrogen-bond donors (Lipinski definition) is 0. The van der Waals surface area contributed by atoms with Crippen molar-refractivity contribution in [1.29, 1.82) is 0 Å². The van der Waals surface area contributed by atoms with E-state index in [0.29, 0.717) is 11.4 Å². The van der Waals surface area contributed by atoms with Crippen LogP contribution in [0, 0.1) is 0 Å². The van der Waals surface area contributed by atoms with Crippen LogP contribution in [-0.4, -0.2) is 72.2 Å². The largest absolute Gasteiger partial charge is 0.494 e. The quantitative estimate of drug-likeness (QED) is 0.0938. The number of benzene rings is 1. The summed E-state index contributed by atoms with van der Waals surface area (Å²) in [7, 11) is 0. The predicted molar refractivity (Wildman–Crippen MR) is 139 cm³/mol. The minimum Gasteiger partial charge on any atom is -0.494 e. The van der Waals surface area contributed by atoms with Crippen LogP contribution in [0.2, 0.25) is 0 Å². The van der Waals surface area contributed by atoms with Gasteiger partial charge < -0.3 is 9.47 Å². The van der Waals surface area contributed by atoms with Gasteiger partial charge in [0, 0.05) is 24.4 Å². The molecule has 0 bridgehead atoms. The molecule has 0 unspecified atom stereocenters. The predicted octanol–water partition coefficient (Wildman–Crippen LogP) is 9.68. The minimum atomic E-state index is -7.92. The van der Waals surface area contributed by atoms with Crippen molar-refractivity contribution in [2.75, 3.05) is 19.8 Å². The zero-order chi connectivity index (χ0) is 37.4. The number of aromatic nitrogens is 2. The molecule has 0 radical (unpaired) electrons. The summed E-state index contributed by atoms with van der Waals surface area (Å²) in [5.74, 6) is -15.0. The topological polar surface area (TPSA) is 62.7 Å². The molecule has 1 aromatic carbocycles. The molecular weight excluding hydrogens is 713 g/mol. The van der Waals surface area contributed by atoms with Gasteiger partial charge in [0.15, 0.2) is 5.82 Å². The molecule has 0 saturated carbocycles. The maximum absolute atomic E-state index is 13.7. The summed E-state index contributed by atoms with van der Waals surface area (Å²) in [6, 6.07) is 6.25. The van der Waals surface area contributed by atoms with Gasteiger partial charge in [-0.3, -0.25) is 0 Å². The molecule has 0 saturated heterocycles. The average Bonchev–Trinajstić information content (AvgIpc) is 2.97. The molecule has 1 aromatic heterocycles. The third-order valence-corrected chi connectivity index (χ3v) is 6.35. The van der Waals surface area contributed by atoms with E-state index in [2.05, 4.69) is 26.4 Å². The van der Waals surface area contributed by atoms with Gasteiger partial charge in [-0.25, -0.2) is 19.4 Å². The molecule has 1 heterocycles. The Bertz CT molecular complexity index is 1290. The van der Waals surface area contributed by atoms with Crippen LogP contribution in [0.4, 0.5) is 65.9 Å². The van der Waals surface area contributed by atoms with Crippen LogP contribution in [0.15, 0.2) is 36.7 Å². The molecule has 49 heavy (non-hydrogen) atoms. The van der Waals surface area contributed by atoms with Crippen molar-refractivity contribution in [1.82, 2.24) is 9.97 Å². The molecule has 0 spiro atoms. The fraction of sp³-hybridized carbons (Fsp3) is 0.643. The zero-order valence-corrected chi connectivity index (χ0v) is 25.2. The maximum Gasteiger partial charge on any atom is 0.460 e. The number of alkyl halides is 15. The van der Waals surface area contributed by atoms with E-state index in [1.807, 2.05) is 0 Å². The highest BCUT2D eigenvalue weighted by atomic mass is 19.4. The summed E-state index contributed by atoms with van der Waals surface area (Å²) in [4.78, 5) is 8.65. The van der Waals surface area contributed by atoms with Crippen molar-refractivity contribution >= 4 is 0 Å². The van der Waals surface area contributed by atoms with Crippen molar-refractivity contribution in [3.63, 3.8) is 0 Å². The molecule has 0 fully saturated rings. The molecular formula is C28H29F15N2O4. The standard InChI is InChI=1S/C28H29F15N2O4/c1-2-3-4-5-6-8-18-15-44-21(45-16-18)19-9-11-20(12-10-19)47-14-7-13-46-17-22(29,30)48-27(40,41)28(42,43)49-26(38,39)24(33,34)23(31,32)25(35,36)37/h9-12,15-16H,2-8,13-14,17H2,1H3. The van der Waals surface area contributed by atoms with Gasteiger partial charge in [0.2, 0.25) is 0 Å². The molecule has 0 aliphatic rings. The summed E-state index contributed by atoms with van der Waals surface area (Å²) in [5.41, 5.74) is 1.62. The van der Waals surface area contributed by atoms with Gasteiger partial charge in [-0.15, -0.1) is 0 Å². The van der Waals surface area contributed by atoms with Crippen LogP contribution in [0.1, 0.15) is 51.0 Å². The van der Waals surface area contributed by atoms with Gasteiger partial charge >= 0.3 is 42.5 Å². The molecule has 0 aliphatic carbocycles. The van der Waals surface area contributed by atoms with Crippen LogP contribution in [-0.2, 0) is 20.6 Å². The Morgan fingerprint density at radius 3 is 1.69 bits per heavy atom. The highest BCUT2D eigenvalue weighted by molar-refractivity contribution is 5.55. The summed E-state index contributed by atoms with van der Waals surface area (Å²) in [6.45, 7) is -1.11. The molecule has 21 heteroatoms. The van der Waals surface area contributed by atoms with Gasteiger partial charge in [0.1, 0.15) is 12.4 Å². The van der Waals surface area contributed by atoms with E-state index in [4.69, 9.17) is 4.74 Å². The van der Waals surface area contributed by atoms with Crippen LogP contribution < -0.4 is 4.74 Å². The fourth-order valence-corrected chi connectivity index (χ4v) is 3.73. The lowest BCUT2D eigenvalue weighted by Gasteiger charge is -2.36. The number of halogens is 15. The molecule has 0 N–H and O–H groups in total. The van der Waals surface area contributed by atoms with E-state index in [1.165, 1.54) is 18.6 Å². The van der Waals surface area contributed by atoms with Crippen molar-refractivity contribution < 1.29 is 84.8 Å². The SMILES string of the molecule is CCCCCCCc1cnc(-c2ccc(OCCCOCC(F)(F)OC(F)(F)C(F)(F)OC(F)(F)C(F)(F)C(F)(F)C(F)(F)F)cc2)nc1. The van der Waals surface area contributed by atoms with E-state index >= 15 is 0 Å². The minimum absolute atomic E-state index is 0.231. The van der Waals surface area contributed by atoms with Gasteiger partial charge in [0.25, 0.3) is 0 Å². The summed E-state index contributed by atoms with van der Waals surface area (Å²) in [6.07, 6.45) is -25.4. The third-order valence-electron chi connectivity index (χ3n) is 6.35. The van der Waals surface area contributed by atoms with Crippen LogP contribution in [0.25, 0.3) is 11.4 Å². The number of nitrogens with zero attached hydrogens (tertiary/aromatic N) is 2. The summed E-state index contributed by atoms with van der Waals surface area (Å²) in [5, 5.41) is 0. The Balaban J connectivity index is 1.82. The third kappa shape index (κ3) is 11.2. The molecule has 2 rings (SSSR count). The lowest BCUT2D eigenvalue weighted by Crippen LogP contribution is -2.64. The number of aryl methyl sites for hydroxylation is 1. The molecule has 6 nitrogen and oxygen atoms in total. The van der Waals surface area contributed by atoms with E-state index in [-0.39, 0.29) is 18.8 Å². The highest BCUT2D eigenvalue weighted by Gasteiger charge is 2.85. The molecule has 0 atom stereocenters. The van der Waals surface area contributed by atoms with Gasteiger partial charge in [-0.2, -0.15) is 65.9 Å². The first-order valence-electron chi connectivity index (χ1n) is 14.2. The van der Waals surface area contributed by atoms with E-state index in [0.717, 1.165) is 37.7 Å². The summed E-state index contributed by atoms with van der Waals surface area (Å²) < 4.78 is 209. The van der Waals surface area contributed by atoms with Gasteiger partial charge in [0.05, 0.1) is 13.2 Å². The fourth-order valence-electron chi connectivity index (χ4n) is 3.73. The summed E-state index contributed by atoms with van der Waals surface area (Å²) >= 11 is 0. The molecule has 280 valence electrons. The molecule has 2 aromatic rings. The van der Waals surface area contributed by atoms with Crippen molar-refractivity contribution in [2.24, 2.45) is 0 Å². The van der Waals surface area contributed by atoms with E-state index in [9.17, 15) is 65.9 Å². The Morgan fingerprint density at radius 2 is 1.14 bits per heavy atom. The lowest BCUT2D eigenvalue weighted by atomic mass is 10.1. The first-order valence-corrected chi connectivity index (χ1v) is 14.2. The Labute approximate surface area is 268 Å². The second-order valence-corrected chi connectivity index (χ2v) is 10.4. The van der Waals surface area contributed by atoms with Crippen LogP contribution >= 0.6 is 0 Å². The van der Waals surface area contributed by atoms with Gasteiger partial charge in [-0.05, 0) is 42.7 Å². The van der Waals surface area contributed by atoms with Gasteiger partial charge in [-0.1, -0.05) is 32.6 Å². The second-order valence-electron chi connectivity index (χ2n) is 10.4. The van der Waals surface area contributed by atoms with Crippen molar-refractivity contribution in [3.05, 3.63) is 42.2 Å². The highest BCUT2D eigenvalue weighted by Crippen LogP contribution is 2.56. The van der Waals surface area contributed by atoms with Crippen molar-refractivity contribution in [3.8, 4) is 17.1 Å². The number of ether oxygens (including phenoxy) is 4. The van der Waals surface area contributed by atoms with Crippen LogP contribution in [0.5, 0.6) is 5.75 Å². The molecule has 0 amide bonds. The first kappa shape index (κ1) is 42.1.